The number of nitrogens with one attached hydrogen (secondary N) is 1. The van der Waals surface area contributed by atoms with Crippen molar-refractivity contribution < 1.29 is 17.5 Å². The van der Waals surface area contributed by atoms with Crippen molar-refractivity contribution in [1.29, 1.82) is 0 Å². The Morgan fingerprint density at radius 2 is 1.74 bits per heavy atom. The Balaban J connectivity index is 1.80. The molecular weight excluding hydrogens is 416 g/mol. The lowest BCUT2D eigenvalue weighted by atomic mass is 10.2. The number of ether oxygens (including phenoxy) is 1. The highest BCUT2D eigenvalue weighted by molar-refractivity contribution is 7.92. The number of hydrogen-bond donors (Lipinski definition) is 1. The molecule has 0 radical (unpaired) electrons. The molecular formula is C17H12Cl2FN3O3S. The van der Waals surface area contributed by atoms with Gasteiger partial charge in [0.2, 0.25) is 0 Å². The molecule has 0 saturated heterocycles. The zero-order valence-corrected chi connectivity index (χ0v) is 16.1. The molecule has 140 valence electrons. The first kappa shape index (κ1) is 19.3. The SMILES string of the molecule is Cc1cc(S(=O)(=O)Nc2cnc(Oc3ccccc3F)nc2)c(Cl)cc1Cl. The highest BCUT2D eigenvalue weighted by atomic mass is 35.5. The van der Waals surface area contributed by atoms with Crippen LogP contribution in [0.15, 0.2) is 53.7 Å². The van der Waals surface area contributed by atoms with Crippen molar-refractivity contribution in [3.8, 4) is 11.8 Å². The van der Waals surface area contributed by atoms with E-state index in [-0.39, 0.29) is 27.4 Å². The Labute approximate surface area is 165 Å². The smallest absolute Gasteiger partial charge is 0.322 e. The predicted molar refractivity (Wildman–Crippen MR) is 101 cm³/mol. The predicted octanol–water partition coefficient (Wildman–Crippen LogP) is 4.82. The number of aromatic nitrogens is 2. The number of sulfonamides is 1. The van der Waals surface area contributed by atoms with Crippen LogP contribution in [0.5, 0.6) is 11.8 Å². The summed E-state index contributed by atoms with van der Waals surface area (Å²) in [7, 11) is -3.98. The molecule has 0 aliphatic carbocycles. The molecule has 3 aromatic rings. The highest BCUT2D eigenvalue weighted by Crippen LogP contribution is 2.29. The van der Waals surface area contributed by atoms with Gasteiger partial charge in [-0.05, 0) is 36.8 Å². The van der Waals surface area contributed by atoms with E-state index in [4.69, 9.17) is 27.9 Å². The van der Waals surface area contributed by atoms with Crippen LogP contribution < -0.4 is 9.46 Å². The van der Waals surface area contributed by atoms with Crippen LogP contribution in [0.3, 0.4) is 0 Å². The minimum atomic E-state index is -3.98. The first-order valence-electron chi connectivity index (χ1n) is 7.49. The summed E-state index contributed by atoms with van der Waals surface area (Å²) >= 11 is 11.9. The first-order chi connectivity index (χ1) is 12.8. The molecule has 3 rings (SSSR count). The normalized spacial score (nSPS) is 11.3. The Kier molecular flexibility index (Phi) is 5.50. The van der Waals surface area contributed by atoms with Crippen molar-refractivity contribution in [3.05, 3.63) is 70.2 Å². The van der Waals surface area contributed by atoms with Gasteiger partial charge in [-0.2, -0.15) is 0 Å². The zero-order valence-electron chi connectivity index (χ0n) is 13.8. The summed E-state index contributed by atoms with van der Waals surface area (Å²) in [5.41, 5.74) is 0.644. The molecule has 6 nitrogen and oxygen atoms in total. The molecule has 2 aromatic carbocycles. The average molecular weight is 428 g/mol. The molecule has 10 heteroatoms. The monoisotopic (exact) mass is 427 g/mol. The molecule has 0 aliphatic rings. The standard InChI is InChI=1S/C17H12Cl2FN3O3S/c1-10-6-16(13(19)7-12(10)18)27(24,25)23-11-8-21-17(22-9-11)26-15-5-3-2-4-14(15)20/h2-9,23H,1H3. The second kappa shape index (κ2) is 7.67. The van der Waals surface area contributed by atoms with Crippen molar-refractivity contribution in [1.82, 2.24) is 9.97 Å². The molecule has 0 unspecified atom stereocenters. The van der Waals surface area contributed by atoms with Crippen molar-refractivity contribution in [2.45, 2.75) is 11.8 Å². The Morgan fingerprint density at radius 1 is 1.07 bits per heavy atom. The van der Waals surface area contributed by atoms with Crippen LogP contribution in [-0.2, 0) is 10.0 Å². The van der Waals surface area contributed by atoms with Crippen LogP contribution in [0, 0.1) is 12.7 Å². The summed E-state index contributed by atoms with van der Waals surface area (Å²) in [6, 6.07) is 8.35. The van der Waals surface area contributed by atoms with Gasteiger partial charge in [0.05, 0.1) is 23.1 Å². The van der Waals surface area contributed by atoms with E-state index < -0.39 is 15.8 Å². The minimum Gasteiger partial charge on any atom is -0.421 e. The largest absolute Gasteiger partial charge is 0.421 e. The van der Waals surface area contributed by atoms with Gasteiger partial charge in [-0.25, -0.2) is 22.8 Å². The minimum absolute atomic E-state index is 0.0153. The quantitative estimate of drug-likeness (QED) is 0.630. The maximum atomic E-state index is 13.6. The second-order valence-electron chi connectivity index (χ2n) is 5.42. The van der Waals surface area contributed by atoms with Crippen LogP contribution >= 0.6 is 23.2 Å². The number of halogens is 3. The summed E-state index contributed by atoms with van der Waals surface area (Å²) in [5.74, 6) is -0.618. The fourth-order valence-electron chi connectivity index (χ4n) is 2.09. The lowest BCUT2D eigenvalue weighted by Crippen LogP contribution is -2.14. The number of hydrogen-bond acceptors (Lipinski definition) is 5. The molecule has 0 saturated carbocycles. The summed E-state index contributed by atoms with van der Waals surface area (Å²) in [5, 5.41) is 0.343. The topological polar surface area (TPSA) is 81.2 Å². The molecule has 1 aromatic heterocycles. The number of benzene rings is 2. The van der Waals surface area contributed by atoms with E-state index in [1.807, 2.05) is 0 Å². The molecule has 1 heterocycles. The van der Waals surface area contributed by atoms with Crippen LogP contribution in [-0.4, -0.2) is 18.4 Å². The summed E-state index contributed by atoms with van der Waals surface area (Å²) in [4.78, 5) is 7.60. The van der Waals surface area contributed by atoms with Crippen molar-refractivity contribution in [3.63, 3.8) is 0 Å². The first-order valence-corrected chi connectivity index (χ1v) is 9.73. The van der Waals surface area contributed by atoms with Gasteiger partial charge in [0, 0.05) is 5.02 Å². The fourth-order valence-corrected chi connectivity index (χ4v) is 3.96. The number of anilines is 1. The van der Waals surface area contributed by atoms with Crippen LogP contribution in [0.1, 0.15) is 5.56 Å². The van der Waals surface area contributed by atoms with Gasteiger partial charge in [0.15, 0.2) is 11.6 Å². The number of para-hydroxylation sites is 1. The molecule has 0 aliphatic heterocycles. The third-order valence-electron chi connectivity index (χ3n) is 3.42. The van der Waals surface area contributed by atoms with Gasteiger partial charge in [0.25, 0.3) is 10.0 Å². The third kappa shape index (κ3) is 4.47. The van der Waals surface area contributed by atoms with Crippen LogP contribution in [0.2, 0.25) is 10.0 Å². The van der Waals surface area contributed by atoms with Gasteiger partial charge in [-0.1, -0.05) is 35.3 Å². The van der Waals surface area contributed by atoms with Gasteiger partial charge in [-0.15, -0.1) is 0 Å². The summed E-state index contributed by atoms with van der Waals surface area (Å²) in [6.45, 7) is 1.66. The van der Waals surface area contributed by atoms with E-state index in [2.05, 4.69) is 14.7 Å². The van der Waals surface area contributed by atoms with E-state index in [0.717, 1.165) is 0 Å². The second-order valence-corrected chi connectivity index (χ2v) is 7.89. The van der Waals surface area contributed by atoms with E-state index in [1.165, 1.54) is 42.7 Å². The Hall–Kier alpha value is -2.42. The van der Waals surface area contributed by atoms with Gasteiger partial charge in [-0.3, -0.25) is 4.72 Å². The third-order valence-corrected chi connectivity index (χ3v) is 5.67. The molecule has 27 heavy (non-hydrogen) atoms. The lowest BCUT2D eigenvalue weighted by molar-refractivity contribution is 0.411. The molecule has 0 bridgehead atoms. The van der Waals surface area contributed by atoms with Gasteiger partial charge >= 0.3 is 6.01 Å². The van der Waals surface area contributed by atoms with Crippen molar-refractivity contribution in [2.75, 3.05) is 4.72 Å². The summed E-state index contributed by atoms with van der Waals surface area (Å²) in [6.07, 6.45) is 2.38. The van der Waals surface area contributed by atoms with E-state index in [1.54, 1.807) is 13.0 Å². The molecule has 0 atom stereocenters. The Morgan fingerprint density at radius 3 is 2.41 bits per heavy atom. The molecule has 0 spiro atoms. The van der Waals surface area contributed by atoms with Crippen LogP contribution in [0.25, 0.3) is 0 Å². The fraction of sp³-hybridized carbons (Fsp3) is 0.0588. The zero-order chi connectivity index (χ0) is 19.6. The maximum absolute atomic E-state index is 13.6. The number of nitrogens with zero attached hydrogens (tertiary/aromatic N) is 2. The summed E-state index contributed by atoms with van der Waals surface area (Å²) < 4.78 is 46.2. The maximum Gasteiger partial charge on any atom is 0.322 e. The van der Waals surface area contributed by atoms with Crippen LogP contribution in [0.4, 0.5) is 10.1 Å². The molecule has 0 amide bonds. The highest BCUT2D eigenvalue weighted by Gasteiger charge is 2.20. The molecule has 0 fully saturated rings. The van der Waals surface area contributed by atoms with Gasteiger partial charge in [0.1, 0.15) is 4.90 Å². The lowest BCUT2D eigenvalue weighted by Gasteiger charge is -2.11. The number of aryl methyl sites for hydroxylation is 1. The van der Waals surface area contributed by atoms with Gasteiger partial charge < -0.3 is 4.74 Å². The van der Waals surface area contributed by atoms with E-state index >= 15 is 0 Å². The van der Waals surface area contributed by atoms with E-state index in [9.17, 15) is 12.8 Å². The average Bonchev–Trinajstić information content (AvgIpc) is 2.61. The van der Waals surface area contributed by atoms with E-state index in [0.29, 0.717) is 10.6 Å². The Bertz CT molecular complexity index is 1090. The number of rotatable bonds is 5. The van der Waals surface area contributed by atoms with Crippen molar-refractivity contribution >= 4 is 38.9 Å². The molecule has 1 N–H and O–H groups in total. The van der Waals surface area contributed by atoms with Crippen molar-refractivity contribution in [2.24, 2.45) is 0 Å².